The average molecular weight is 445 g/mol. The Labute approximate surface area is 187 Å². The Balaban J connectivity index is 1.30. The summed E-state index contributed by atoms with van der Waals surface area (Å²) in [5, 5.41) is 0. The fourth-order valence-corrected chi connectivity index (χ4v) is 9.13. The third-order valence-corrected chi connectivity index (χ3v) is 11.3. The largest absolute Gasteiger partial charge is 0.299 e. The van der Waals surface area contributed by atoms with Gasteiger partial charge in [0, 0.05) is 11.8 Å². The van der Waals surface area contributed by atoms with Gasteiger partial charge in [0.1, 0.15) is 5.78 Å². The second-order valence-electron chi connectivity index (χ2n) is 11.3. The van der Waals surface area contributed by atoms with E-state index < -0.39 is 10.1 Å². The fraction of sp³-hybridized carbons (Fsp3) is 0.731. The second-order valence-corrected chi connectivity index (χ2v) is 12.9. The molecule has 0 aliphatic heterocycles. The summed E-state index contributed by atoms with van der Waals surface area (Å²) in [4.78, 5) is 12.9. The first-order chi connectivity index (χ1) is 14.6. The van der Waals surface area contributed by atoms with Crippen LogP contribution in [0, 0.1) is 41.4 Å². The highest BCUT2D eigenvalue weighted by Crippen LogP contribution is 2.65. The molecule has 0 amide bonds. The van der Waals surface area contributed by atoms with E-state index in [4.69, 9.17) is 4.18 Å². The van der Waals surface area contributed by atoms with Crippen LogP contribution in [-0.2, 0) is 19.1 Å². The highest BCUT2D eigenvalue weighted by atomic mass is 32.2. The standard InChI is InChI=1S/C26H36O4S/c1-17-4-7-20(8-5-17)31(28,29)30-19-12-14-25(2)18(16-19)6-9-21-22-10-11-24(27)26(22,3)15-13-23(21)25/h4-5,7-8,18-19,21-23H,6,9-16H2,1-3H3/t18-,19-,21-,22-,23-,25-,26-/m0/s1. The normalized spacial score (nSPS) is 42.5. The molecule has 4 fully saturated rings. The molecule has 5 rings (SSSR count). The Hall–Kier alpha value is -1.20. The molecule has 5 heteroatoms. The summed E-state index contributed by atoms with van der Waals surface area (Å²) in [7, 11) is -3.72. The lowest BCUT2D eigenvalue weighted by Crippen LogP contribution is -2.54. The number of ketones is 1. The van der Waals surface area contributed by atoms with Crippen LogP contribution in [0.1, 0.15) is 77.2 Å². The molecular formula is C26H36O4S. The van der Waals surface area contributed by atoms with Crippen molar-refractivity contribution in [2.75, 3.05) is 0 Å². The van der Waals surface area contributed by atoms with Crippen molar-refractivity contribution in [3.8, 4) is 0 Å². The third kappa shape index (κ3) is 3.42. The van der Waals surface area contributed by atoms with Crippen molar-refractivity contribution in [2.45, 2.75) is 89.6 Å². The van der Waals surface area contributed by atoms with Crippen molar-refractivity contribution in [3.05, 3.63) is 29.8 Å². The van der Waals surface area contributed by atoms with Crippen molar-refractivity contribution in [3.63, 3.8) is 0 Å². The van der Waals surface area contributed by atoms with E-state index >= 15 is 0 Å². The summed E-state index contributed by atoms with van der Waals surface area (Å²) in [6, 6.07) is 6.93. The zero-order valence-corrected chi connectivity index (χ0v) is 19.9. The van der Waals surface area contributed by atoms with E-state index in [1.165, 1.54) is 6.42 Å². The Kier molecular flexibility index (Phi) is 5.17. The maximum Gasteiger partial charge on any atom is 0.297 e. The highest BCUT2D eigenvalue weighted by molar-refractivity contribution is 7.86. The van der Waals surface area contributed by atoms with E-state index in [9.17, 15) is 13.2 Å². The van der Waals surface area contributed by atoms with Crippen LogP contribution >= 0.6 is 0 Å². The Morgan fingerprint density at radius 2 is 1.68 bits per heavy atom. The van der Waals surface area contributed by atoms with Gasteiger partial charge in [-0.05, 0) is 99.5 Å². The molecule has 31 heavy (non-hydrogen) atoms. The van der Waals surface area contributed by atoms with Gasteiger partial charge in [0.2, 0.25) is 0 Å². The van der Waals surface area contributed by atoms with Gasteiger partial charge in [-0.25, -0.2) is 0 Å². The van der Waals surface area contributed by atoms with E-state index in [-0.39, 0.29) is 21.8 Å². The van der Waals surface area contributed by atoms with Crippen LogP contribution in [0.4, 0.5) is 0 Å². The molecule has 0 spiro atoms. The van der Waals surface area contributed by atoms with E-state index in [0.717, 1.165) is 56.9 Å². The summed E-state index contributed by atoms with van der Waals surface area (Å²) in [5.41, 5.74) is 1.22. The summed E-state index contributed by atoms with van der Waals surface area (Å²) in [6.45, 7) is 6.64. The van der Waals surface area contributed by atoms with Crippen molar-refractivity contribution in [1.29, 1.82) is 0 Å². The monoisotopic (exact) mass is 444 g/mol. The topological polar surface area (TPSA) is 60.4 Å². The van der Waals surface area contributed by atoms with Gasteiger partial charge < -0.3 is 0 Å². The number of fused-ring (bicyclic) bond motifs is 5. The zero-order chi connectivity index (χ0) is 22.0. The smallest absolute Gasteiger partial charge is 0.297 e. The van der Waals surface area contributed by atoms with Gasteiger partial charge >= 0.3 is 0 Å². The van der Waals surface area contributed by atoms with Crippen LogP contribution in [0.15, 0.2) is 29.2 Å². The number of carbonyl (C=O) groups excluding carboxylic acids is 1. The predicted octanol–water partition coefficient (Wildman–Crippen LogP) is 5.68. The second kappa shape index (κ2) is 7.41. The van der Waals surface area contributed by atoms with Crippen molar-refractivity contribution in [2.24, 2.45) is 34.5 Å². The molecular weight excluding hydrogens is 408 g/mol. The summed E-state index contributed by atoms with van der Waals surface area (Å²) < 4.78 is 31.4. The molecule has 4 nitrogen and oxygen atoms in total. The van der Waals surface area contributed by atoms with Gasteiger partial charge in [0.15, 0.2) is 0 Å². The molecule has 0 aromatic heterocycles. The number of carbonyl (C=O) groups is 1. The molecule has 0 saturated heterocycles. The van der Waals surface area contributed by atoms with Crippen molar-refractivity contribution in [1.82, 2.24) is 0 Å². The molecule has 4 saturated carbocycles. The molecule has 4 aliphatic carbocycles. The van der Waals surface area contributed by atoms with Gasteiger partial charge in [-0.2, -0.15) is 8.42 Å². The van der Waals surface area contributed by atoms with E-state index in [1.54, 1.807) is 12.1 Å². The minimum absolute atomic E-state index is 0.0766. The molecule has 0 N–H and O–H groups in total. The van der Waals surface area contributed by atoms with Crippen LogP contribution in [0.5, 0.6) is 0 Å². The van der Waals surface area contributed by atoms with Crippen LogP contribution in [0.3, 0.4) is 0 Å². The summed E-state index contributed by atoms with van der Waals surface area (Å²) in [6.07, 6.45) is 8.85. The van der Waals surface area contributed by atoms with Crippen LogP contribution in [0.2, 0.25) is 0 Å². The molecule has 1 aromatic rings. The van der Waals surface area contributed by atoms with Gasteiger partial charge in [-0.1, -0.05) is 31.5 Å². The van der Waals surface area contributed by atoms with Gasteiger partial charge in [0.05, 0.1) is 11.0 Å². The Bertz CT molecular complexity index is 968. The quantitative estimate of drug-likeness (QED) is 0.563. The Morgan fingerprint density at radius 1 is 0.935 bits per heavy atom. The SMILES string of the molecule is Cc1ccc(S(=O)(=O)O[C@H]2CC[C@@]3(C)[C@@H](CC[C@@H]4[C@@H]3CC[C@]3(C)C(=O)CC[C@@H]43)C2)cc1. The first kappa shape index (κ1) is 21.6. The summed E-state index contributed by atoms with van der Waals surface area (Å²) >= 11 is 0. The minimum atomic E-state index is -3.72. The molecule has 0 heterocycles. The fourth-order valence-electron chi connectivity index (χ4n) is 8.02. The van der Waals surface area contributed by atoms with Gasteiger partial charge in [-0.15, -0.1) is 0 Å². The third-order valence-electron chi connectivity index (χ3n) is 9.90. The lowest BCUT2D eigenvalue weighted by atomic mass is 9.45. The highest BCUT2D eigenvalue weighted by Gasteiger charge is 2.60. The van der Waals surface area contributed by atoms with Gasteiger partial charge in [0.25, 0.3) is 10.1 Å². The number of rotatable bonds is 3. The maximum atomic E-state index is 12.8. The van der Waals surface area contributed by atoms with Crippen LogP contribution in [0.25, 0.3) is 0 Å². The van der Waals surface area contributed by atoms with Gasteiger partial charge in [-0.3, -0.25) is 8.98 Å². The van der Waals surface area contributed by atoms with E-state index in [1.807, 2.05) is 19.1 Å². The first-order valence-corrected chi connectivity index (χ1v) is 13.6. The molecule has 1 aromatic carbocycles. The number of hydrogen-bond acceptors (Lipinski definition) is 4. The molecule has 4 aliphatic rings. The van der Waals surface area contributed by atoms with Crippen LogP contribution in [-0.4, -0.2) is 20.3 Å². The molecule has 0 radical (unpaired) electrons. The number of Topliss-reactive ketones (excluding diaryl/α,β-unsaturated/α-hetero) is 1. The molecule has 0 bridgehead atoms. The first-order valence-electron chi connectivity index (χ1n) is 12.2. The number of benzene rings is 1. The lowest BCUT2D eigenvalue weighted by molar-refractivity contribution is -0.141. The average Bonchev–Trinajstić information content (AvgIpc) is 3.03. The number of hydrogen-bond donors (Lipinski definition) is 0. The summed E-state index contributed by atoms with van der Waals surface area (Å²) in [5.74, 6) is 2.92. The lowest BCUT2D eigenvalue weighted by Gasteiger charge is -2.60. The molecule has 0 unspecified atom stereocenters. The maximum absolute atomic E-state index is 12.8. The van der Waals surface area contributed by atoms with Crippen LogP contribution < -0.4 is 0 Å². The number of aryl methyl sites for hydroxylation is 1. The zero-order valence-electron chi connectivity index (χ0n) is 19.1. The Morgan fingerprint density at radius 3 is 2.42 bits per heavy atom. The van der Waals surface area contributed by atoms with Crippen molar-refractivity contribution < 1.29 is 17.4 Å². The van der Waals surface area contributed by atoms with Crippen molar-refractivity contribution >= 4 is 15.9 Å². The van der Waals surface area contributed by atoms with E-state index in [0.29, 0.717) is 29.5 Å². The minimum Gasteiger partial charge on any atom is -0.299 e. The molecule has 170 valence electrons. The predicted molar refractivity (Wildman–Crippen MR) is 120 cm³/mol. The van der Waals surface area contributed by atoms with E-state index in [2.05, 4.69) is 13.8 Å². The molecule has 7 atom stereocenters.